The van der Waals surface area contributed by atoms with Crippen LogP contribution in [0.15, 0.2) is 60.2 Å². The molecule has 0 aromatic heterocycles. The van der Waals surface area contributed by atoms with Crippen molar-refractivity contribution in [2.75, 3.05) is 25.1 Å². The first-order valence-electron chi connectivity index (χ1n) is 9.45. The Bertz CT molecular complexity index is 894. The Balaban J connectivity index is 1.91. The average molecular weight is 411 g/mol. The number of anilines is 1. The minimum atomic E-state index is -0.894. The van der Waals surface area contributed by atoms with Crippen LogP contribution in [-0.2, 0) is 9.59 Å². The number of benzene rings is 2. The zero-order chi connectivity index (χ0) is 21.8. The summed E-state index contributed by atoms with van der Waals surface area (Å²) in [6, 6.07) is 11.9. The van der Waals surface area contributed by atoms with Gasteiger partial charge in [0.05, 0.1) is 19.4 Å². The van der Waals surface area contributed by atoms with Crippen molar-refractivity contribution in [3.05, 3.63) is 60.7 Å². The second kappa shape index (κ2) is 11.9. The van der Waals surface area contributed by atoms with E-state index in [1.807, 2.05) is 13.8 Å². The highest BCUT2D eigenvalue weighted by atomic mass is 16.5. The molecule has 158 valence electrons. The van der Waals surface area contributed by atoms with Crippen LogP contribution in [0.5, 0.6) is 17.2 Å². The lowest BCUT2D eigenvalue weighted by atomic mass is 10.2. The van der Waals surface area contributed by atoms with Gasteiger partial charge in [-0.2, -0.15) is 5.10 Å². The maximum absolute atomic E-state index is 12.0. The van der Waals surface area contributed by atoms with Gasteiger partial charge in [-0.3, -0.25) is 9.59 Å². The van der Waals surface area contributed by atoms with E-state index in [9.17, 15) is 9.59 Å². The van der Waals surface area contributed by atoms with E-state index in [4.69, 9.17) is 14.2 Å². The zero-order valence-electron chi connectivity index (χ0n) is 17.0. The molecule has 0 bridgehead atoms. The molecule has 0 heterocycles. The molecule has 0 atom stereocenters. The SMILES string of the molecule is C=CCOc1ccc(NC(=O)C(=O)N/N=C\c2ccc(OCC)c(OCC)c2)cc1. The number of hydrogen-bond acceptors (Lipinski definition) is 6. The van der Waals surface area contributed by atoms with Crippen molar-refractivity contribution in [2.45, 2.75) is 13.8 Å². The number of rotatable bonds is 10. The van der Waals surface area contributed by atoms with Crippen LogP contribution in [0.2, 0.25) is 0 Å². The summed E-state index contributed by atoms with van der Waals surface area (Å²) < 4.78 is 16.4. The van der Waals surface area contributed by atoms with Crippen molar-refractivity contribution in [3.8, 4) is 17.2 Å². The smallest absolute Gasteiger partial charge is 0.329 e. The molecule has 8 nitrogen and oxygen atoms in total. The molecule has 0 spiro atoms. The number of carbonyl (C=O) groups excluding carboxylic acids is 2. The standard InChI is InChI=1S/C22H25N3O5/c1-4-13-30-18-10-8-17(9-11-18)24-21(26)22(27)25-23-15-16-7-12-19(28-5-2)20(14-16)29-6-3/h4,7-12,14-15H,1,5-6,13H2,2-3H3,(H,24,26)(H,25,27)/b23-15-. The topological polar surface area (TPSA) is 98.2 Å². The van der Waals surface area contributed by atoms with Crippen LogP contribution in [0.1, 0.15) is 19.4 Å². The first-order valence-corrected chi connectivity index (χ1v) is 9.45. The fraction of sp³-hybridized carbons (Fsp3) is 0.227. The van der Waals surface area contributed by atoms with Gasteiger partial charge in [-0.25, -0.2) is 5.43 Å². The number of hydrazone groups is 1. The van der Waals surface area contributed by atoms with Crippen molar-refractivity contribution in [1.82, 2.24) is 5.43 Å². The largest absolute Gasteiger partial charge is 0.490 e. The summed E-state index contributed by atoms with van der Waals surface area (Å²) in [4.78, 5) is 23.9. The van der Waals surface area contributed by atoms with Crippen molar-refractivity contribution in [1.29, 1.82) is 0 Å². The molecule has 30 heavy (non-hydrogen) atoms. The molecule has 2 amide bonds. The molecular formula is C22H25N3O5. The lowest BCUT2D eigenvalue weighted by Gasteiger charge is -2.11. The van der Waals surface area contributed by atoms with Gasteiger partial charge in [-0.15, -0.1) is 0 Å². The molecule has 0 saturated heterocycles. The maximum atomic E-state index is 12.0. The van der Waals surface area contributed by atoms with E-state index in [1.54, 1.807) is 48.5 Å². The minimum Gasteiger partial charge on any atom is -0.490 e. The van der Waals surface area contributed by atoms with Crippen LogP contribution < -0.4 is 25.0 Å². The summed E-state index contributed by atoms with van der Waals surface area (Å²) in [7, 11) is 0. The molecule has 0 fully saturated rings. The van der Waals surface area contributed by atoms with Crippen LogP contribution in [0.4, 0.5) is 5.69 Å². The number of amides is 2. The summed E-state index contributed by atoms with van der Waals surface area (Å²) in [5.41, 5.74) is 3.33. The number of nitrogens with zero attached hydrogens (tertiary/aromatic N) is 1. The molecule has 0 aliphatic carbocycles. The third kappa shape index (κ3) is 6.97. The monoisotopic (exact) mass is 411 g/mol. The highest BCUT2D eigenvalue weighted by Crippen LogP contribution is 2.27. The van der Waals surface area contributed by atoms with Gasteiger partial charge < -0.3 is 19.5 Å². The molecule has 0 radical (unpaired) electrons. The summed E-state index contributed by atoms with van der Waals surface area (Å²) in [5, 5.41) is 6.30. The Morgan fingerprint density at radius 3 is 2.33 bits per heavy atom. The summed E-state index contributed by atoms with van der Waals surface area (Å²) in [6.45, 7) is 8.71. The van der Waals surface area contributed by atoms with Gasteiger partial charge in [0.15, 0.2) is 11.5 Å². The van der Waals surface area contributed by atoms with E-state index >= 15 is 0 Å². The highest BCUT2D eigenvalue weighted by Gasteiger charge is 2.13. The minimum absolute atomic E-state index is 0.381. The number of hydrogen-bond donors (Lipinski definition) is 2. The van der Waals surface area contributed by atoms with Crippen LogP contribution in [0.25, 0.3) is 0 Å². The van der Waals surface area contributed by atoms with Gasteiger partial charge >= 0.3 is 11.8 Å². The Labute approximate surface area is 175 Å². The van der Waals surface area contributed by atoms with Crippen LogP contribution >= 0.6 is 0 Å². The molecular weight excluding hydrogens is 386 g/mol. The average Bonchev–Trinajstić information content (AvgIpc) is 2.75. The molecule has 2 aromatic rings. The molecule has 2 N–H and O–H groups in total. The van der Waals surface area contributed by atoms with Crippen molar-refractivity contribution >= 4 is 23.7 Å². The predicted molar refractivity (Wildman–Crippen MR) is 115 cm³/mol. The summed E-state index contributed by atoms with van der Waals surface area (Å²) in [5.74, 6) is 0.0975. The predicted octanol–water partition coefficient (Wildman–Crippen LogP) is 3.14. The number of carbonyl (C=O) groups is 2. The molecule has 8 heteroatoms. The van der Waals surface area contributed by atoms with Crippen molar-refractivity contribution in [2.24, 2.45) is 5.10 Å². The van der Waals surface area contributed by atoms with Gasteiger partial charge in [-0.05, 0) is 61.9 Å². The molecule has 2 aromatic carbocycles. The van der Waals surface area contributed by atoms with Gasteiger partial charge in [-0.1, -0.05) is 12.7 Å². The highest BCUT2D eigenvalue weighted by molar-refractivity contribution is 6.39. The molecule has 2 rings (SSSR count). The summed E-state index contributed by atoms with van der Waals surface area (Å²) in [6.07, 6.45) is 3.04. The van der Waals surface area contributed by atoms with E-state index in [1.165, 1.54) is 6.21 Å². The van der Waals surface area contributed by atoms with E-state index in [0.29, 0.717) is 48.3 Å². The molecule has 0 aliphatic heterocycles. The van der Waals surface area contributed by atoms with E-state index < -0.39 is 11.8 Å². The lowest BCUT2D eigenvalue weighted by Crippen LogP contribution is -2.32. The van der Waals surface area contributed by atoms with Gasteiger partial charge in [0.1, 0.15) is 12.4 Å². The Hall–Kier alpha value is -3.81. The first-order chi connectivity index (χ1) is 14.6. The van der Waals surface area contributed by atoms with Gasteiger partial charge in [0, 0.05) is 5.69 Å². The van der Waals surface area contributed by atoms with Crippen molar-refractivity contribution < 1.29 is 23.8 Å². The number of nitrogens with one attached hydrogen (secondary N) is 2. The van der Waals surface area contributed by atoms with E-state index in [-0.39, 0.29) is 0 Å². The normalized spacial score (nSPS) is 10.3. The van der Waals surface area contributed by atoms with Crippen LogP contribution in [0, 0.1) is 0 Å². The van der Waals surface area contributed by atoms with E-state index in [2.05, 4.69) is 22.4 Å². The first kappa shape index (κ1) is 22.5. The van der Waals surface area contributed by atoms with Crippen molar-refractivity contribution in [3.63, 3.8) is 0 Å². The third-order valence-electron chi connectivity index (χ3n) is 3.63. The Morgan fingerprint density at radius 1 is 0.967 bits per heavy atom. The zero-order valence-corrected chi connectivity index (χ0v) is 17.0. The van der Waals surface area contributed by atoms with Crippen LogP contribution in [-0.4, -0.2) is 37.8 Å². The lowest BCUT2D eigenvalue weighted by molar-refractivity contribution is -0.136. The van der Waals surface area contributed by atoms with Gasteiger partial charge in [0.2, 0.25) is 0 Å². The second-order valence-corrected chi connectivity index (χ2v) is 5.85. The molecule has 0 saturated carbocycles. The third-order valence-corrected chi connectivity index (χ3v) is 3.63. The maximum Gasteiger partial charge on any atom is 0.329 e. The number of ether oxygens (including phenoxy) is 3. The fourth-order valence-corrected chi connectivity index (χ4v) is 2.34. The van der Waals surface area contributed by atoms with Crippen LogP contribution in [0.3, 0.4) is 0 Å². The summed E-state index contributed by atoms with van der Waals surface area (Å²) >= 11 is 0. The second-order valence-electron chi connectivity index (χ2n) is 5.85. The Morgan fingerprint density at radius 2 is 1.67 bits per heavy atom. The molecule has 0 aliphatic rings. The quantitative estimate of drug-likeness (QED) is 0.271. The Kier molecular flexibility index (Phi) is 8.92. The fourth-order valence-electron chi connectivity index (χ4n) is 2.34. The molecule has 0 unspecified atom stereocenters. The van der Waals surface area contributed by atoms with E-state index in [0.717, 1.165) is 0 Å². The van der Waals surface area contributed by atoms with Gasteiger partial charge in [0.25, 0.3) is 0 Å².